The minimum Gasteiger partial charge on any atom is -0.381 e. The Kier molecular flexibility index (Phi) is 2.73. The number of hydrogen-bond acceptors (Lipinski definition) is 2. The van der Waals surface area contributed by atoms with Gasteiger partial charge in [-0.1, -0.05) is 25.5 Å². The van der Waals surface area contributed by atoms with Crippen LogP contribution in [-0.4, -0.2) is 12.1 Å². The van der Waals surface area contributed by atoms with Crippen molar-refractivity contribution in [2.45, 2.75) is 44.6 Å². The van der Waals surface area contributed by atoms with E-state index in [1.54, 1.807) is 0 Å². The molecule has 1 aliphatic heterocycles. The summed E-state index contributed by atoms with van der Waals surface area (Å²) in [5, 5.41) is 7.39. The van der Waals surface area contributed by atoms with Gasteiger partial charge in [-0.25, -0.2) is 0 Å². The topological polar surface area (TPSA) is 24.1 Å². The largest absolute Gasteiger partial charge is 0.381 e. The van der Waals surface area contributed by atoms with E-state index in [2.05, 4.69) is 41.8 Å². The summed E-state index contributed by atoms with van der Waals surface area (Å²) in [6, 6.07) is 8.56. The summed E-state index contributed by atoms with van der Waals surface area (Å²) in [7, 11) is 0. The molecule has 2 N–H and O–H groups in total. The van der Waals surface area contributed by atoms with Crippen molar-refractivity contribution in [3.8, 4) is 0 Å². The molecule has 1 aliphatic carbocycles. The minimum absolute atomic E-state index is 0.319. The Hall–Kier alpha value is -1.18. The quantitative estimate of drug-likeness (QED) is 0.765. The number of rotatable bonds is 1. The van der Waals surface area contributed by atoms with Gasteiger partial charge in [-0.3, -0.25) is 0 Å². The number of anilines is 2. The van der Waals surface area contributed by atoms with Crippen molar-refractivity contribution in [2.75, 3.05) is 17.2 Å². The van der Waals surface area contributed by atoms with Gasteiger partial charge in [-0.2, -0.15) is 0 Å². The Morgan fingerprint density at radius 1 is 1.18 bits per heavy atom. The average Bonchev–Trinajstić information content (AvgIpc) is 2.40. The first-order chi connectivity index (χ1) is 8.31. The van der Waals surface area contributed by atoms with Crippen LogP contribution in [0, 0.1) is 5.92 Å². The van der Waals surface area contributed by atoms with Gasteiger partial charge in [0.25, 0.3) is 0 Å². The van der Waals surface area contributed by atoms with Crippen LogP contribution in [-0.2, 0) is 0 Å². The molecule has 0 atom stereocenters. The molecule has 3 rings (SSSR count). The predicted molar refractivity (Wildman–Crippen MR) is 73.5 cm³/mol. The fourth-order valence-corrected chi connectivity index (χ4v) is 3.28. The molecule has 92 valence electrons. The molecule has 0 bridgehead atoms. The molecule has 0 aromatic heterocycles. The van der Waals surface area contributed by atoms with E-state index in [-0.39, 0.29) is 0 Å². The highest BCUT2D eigenvalue weighted by Crippen LogP contribution is 2.40. The lowest BCUT2D eigenvalue weighted by Gasteiger charge is -2.45. The predicted octanol–water partition coefficient (Wildman–Crippen LogP) is 3.86. The van der Waals surface area contributed by atoms with Crippen molar-refractivity contribution in [2.24, 2.45) is 5.92 Å². The molecule has 0 saturated heterocycles. The maximum absolute atomic E-state index is 3.79. The van der Waals surface area contributed by atoms with Crippen LogP contribution in [0.5, 0.6) is 0 Å². The molecule has 2 nitrogen and oxygen atoms in total. The Morgan fingerprint density at radius 2 is 1.88 bits per heavy atom. The number of nitrogens with one attached hydrogen (secondary N) is 2. The lowest BCUT2D eigenvalue weighted by atomic mass is 9.74. The molecule has 1 heterocycles. The van der Waals surface area contributed by atoms with Crippen LogP contribution in [0.25, 0.3) is 0 Å². The van der Waals surface area contributed by atoms with E-state index in [1.165, 1.54) is 43.5 Å². The van der Waals surface area contributed by atoms with Crippen molar-refractivity contribution in [1.29, 1.82) is 0 Å². The second-order valence-electron chi connectivity index (χ2n) is 5.66. The van der Waals surface area contributed by atoms with Crippen LogP contribution >= 0.6 is 0 Å². The highest BCUT2D eigenvalue weighted by molar-refractivity contribution is 5.72. The average molecular weight is 230 g/mol. The lowest BCUT2D eigenvalue weighted by molar-refractivity contribution is 0.255. The Morgan fingerprint density at radius 3 is 2.59 bits per heavy atom. The number of para-hydroxylation sites is 2. The fraction of sp³-hybridized carbons (Fsp3) is 0.600. The highest BCUT2D eigenvalue weighted by Gasteiger charge is 2.37. The summed E-state index contributed by atoms with van der Waals surface area (Å²) in [6.45, 7) is 3.41. The van der Waals surface area contributed by atoms with Gasteiger partial charge in [-0.05, 0) is 43.7 Å². The number of hydrogen-bond donors (Lipinski definition) is 2. The van der Waals surface area contributed by atoms with Gasteiger partial charge in [0, 0.05) is 6.54 Å². The number of benzene rings is 1. The molecule has 2 aliphatic rings. The molecule has 2 heteroatoms. The monoisotopic (exact) mass is 230 g/mol. The Balaban J connectivity index is 1.75. The lowest BCUT2D eigenvalue weighted by Crippen LogP contribution is -2.50. The second kappa shape index (κ2) is 4.25. The Labute approximate surface area is 104 Å². The zero-order chi connectivity index (χ0) is 11.7. The molecule has 1 spiro atoms. The minimum atomic E-state index is 0.319. The van der Waals surface area contributed by atoms with Crippen molar-refractivity contribution in [3.05, 3.63) is 24.3 Å². The SMILES string of the molecule is CCC1CCC2(CC1)CNc1ccccc1N2. The van der Waals surface area contributed by atoms with Gasteiger partial charge in [-0.15, -0.1) is 0 Å². The van der Waals surface area contributed by atoms with Crippen LogP contribution in [0.1, 0.15) is 39.0 Å². The third-order valence-corrected chi connectivity index (χ3v) is 4.58. The van der Waals surface area contributed by atoms with Crippen molar-refractivity contribution >= 4 is 11.4 Å². The smallest absolute Gasteiger partial charge is 0.0580 e. The number of fused-ring (bicyclic) bond motifs is 1. The molecule has 0 amide bonds. The first-order valence-electron chi connectivity index (χ1n) is 6.92. The summed E-state index contributed by atoms with van der Waals surface area (Å²) in [4.78, 5) is 0. The molecular weight excluding hydrogens is 208 g/mol. The summed E-state index contributed by atoms with van der Waals surface area (Å²) in [5.74, 6) is 0.958. The van der Waals surface area contributed by atoms with Crippen LogP contribution in [0.15, 0.2) is 24.3 Å². The molecule has 1 aromatic rings. The van der Waals surface area contributed by atoms with E-state index in [0.717, 1.165) is 12.5 Å². The molecular formula is C15H22N2. The molecule has 0 unspecified atom stereocenters. The van der Waals surface area contributed by atoms with Gasteiger partial charge in [0.15, 0.2) is 0 Å². The van der Waals surface area contributed by atoms with Crippen LogP contribution in [0.2, 0.25) is 0 Å². The first-order valence-corrected chi connectivity index (χ1v) is 6.92. The standard InChI is InChI=1S/C15H22N2/c1-2-12-7-9-15(10-8-12)11-16-13-5-3-4-6-14(13)17-15/h3-6,12,16-17H,2,7-11H2,1H3. The third-order valence-electron chi connectivity index (χ3n) is 4.58. The molecule has 1 saturated carbocycles. The fourth-order valence-electron chi connectivity index (χ4n) is 3.28. The van der Waals surface area contributed by atoms with Gasteiger partial charge in [0.05, 0.1) is 16.9 Å². The normalized spacial score (nSPS) is 31.5. The molecule has 17 heavy (non-hydrogen) atoms. The van der Waals surface area contributed by atoms with Crippen LogP contribution < -0.4 is 10.6 Å². The van der Waals surface area contributed by atoms with E-state index >= 15 is 0 Å². The summed E-state index contributed by atoms with van der Waals surface area (Å²) < 4.78 is 0. The first kappa shape index (κ1) is 10.9. The second-order valence-corrected chi connectivity index (χ2v) is 5.66. The van der Waals surface area contributed by atoms with E-state index in [4.69, 9.17) is 0 Å². The summed E-state index contributed by atoms with van der Waals surface area (Å²) in [5.41, 5.74) is 2.87. The van der Waals surface area contributed by atoms with E-state index < -0.39 is 0 Å². The van der Waals surface area contributed by atoms with E-state index in [9.17, 15) is 0 Å². The molecule has 1 fully saturated rings. The zero-order valence-electron chi connectivity index (χ0n) is 10.6. The molecule has 0 radical (unpaired) electrons. The van der Waals surface area contributed by atoms with Gasteiger partial charge >= 0.3 is 0 Å². The van der Waals surface area contributed by atoms with Crippen molar-refractivity contribution in [1.82, 2.24) is 0 Å². The maximum atomic E-state index is 3.79. The Bertz CT molecular complexity index is 392. The van der Waals surface area contributed by atoms with E-state index in [1.807, 2.05) is 0 Å². The van der Waals surface area contributed by atoms with E-state index in [0.29, 0.717) is 5.54 Å². The maximum Gasteiger partial charge on any atom is 0.0580 e. The van der Waals surface area contributed by atoms with Crippen LogP contribution in [0.3, 0.4) is 0 Å². The van der Waals surface area contributed by atoms with Gasteiger partial charge in [0.1, 0.15) is 0 Å². The molecule has 1 aromatic carbocycles. The van der Waals surface area contributed by atoms with Gasteiger partial charge in [0.2, 0.25) is 0 Å². The summed E-state index contributed by atoms with van der Waals surface area (Å²) in [6.07, 6.45) is 6.74. The van der Waals surface area contributed by atoms with Gasteiger partial charge < -0.3 is 10.6 Å². The van der Waals surface area contributed by atoms with Crippen LogP contribution in [0.4, 0.5) is 11.4 Å². The van der Waals surface area contributed by atoms with Crippen molar-refractivity contribution in [3.63, 3.8) is 0 Å². The zero-order valence-corrected chi connectivity index (χ0v) is 10.6. The highest BCUT2D eigenvalue weighted by atomic mass is 15.1. The summed E-state index contributed by atoms with van der Waals surface area (Å²) >= 11 is 0. The third kappa shape index (κ3) is 2.01. The van der Waals surface area contributed by atoms with Crippen molar-refractivity contribution < 1.29 is 0 Å².